The number of fused-ring (bicyclic) bond motifs is 1. The Morgan fingerprint density at radius 2 is 1.81 bits per heavy atom. The van der Waals surface area contributed by atoms with E-state index < -0.39 is 0 Å². The first kappa shape index (κ1) is 17.2. The molecule has 4 aromatic rings. The summed E-state index contributed by atoms with van der Waals surface area (Å²) in [4.78, 5) is 12.3. The molecule has 0 radical (unpaired) electrons. The average molecular weight is 379 g/mol. The highest BCUT2D eigenvalue weighted by atomic mass is 32.2. The molecule has 0 aliphatic rings. The van der Waals surface area contributed by atoms with Crippen LogP contribution in [0.15, 0.2) is 71.9 Å². The smallest absolute Gasteiger partial charge is 0.234 e. The Balaban J connectivity index is 1.42. The minimum Gasteiger partial charge on any atom is -0.325 e. The zero-order valence-electron chi connectivity index (χ0n) is 14.0. The van der Waals surface area contributed by atoms with Crippen molar-refractivity contribution in [2.75, 3.05) is 11.1 Å². The van der Waals surface area contributed by atoms with Gasteiger partial charge in [-0.15, -0.1) is 5.10 Å². The van der Waals surface area contributed by atoms with Crippen molar-refractivity contribution in [1.82, 2.24) is 20.2 Å². The Morgan fingerprint density at radius 3 is 2.63 bits per heavy atom. The molecular formula is C19H14FN5OS. The van der Waals surface area contributed by atoms with Gasteiger partial charge in [0.1, 0.15) is 5.82 Å². The molecule has 4 rings (SSSR count). The lowest BCUT2D eigenvalue weighted by atomic mass is 10.1. The number of nitrogens with zero attached hydrogens (tertiary/aromatic N) is 4. The molecule has 0 saturated carbocycles. The number of tetrazole rings is 1. The number of thioether (sulfide) groups is 1. The molecule has 0 spiro atoms. The highest BCUT2D eigenvalue weighted by molar-refractivity contribution is 7.99. The highest BCUT2D eigenvalue weighted by Gasteiger charge is 2.12. The van der Waals surface area contributed by atoms with Gasteiger partial charge in [0.15, 0.2) is 0 Å². The SMILES string of the molecule is O=C(CSc1nnnn1-c1ccc(F)cc1)Nc1ccc2ccccc2c1. The number of hydrogen-bond donors (Lipinski definition) is 1. The van der Waals surface area contributed by atoms with Crippen LogP contribution in [0.25, 0.3) is 16.5 Å². The van der Waals surface area contributed by atoms with E-state index >= 15 is 0 Å². The summed E-state index contributed by atoms with van der Waals surface area (Å²) in [5, 5.41) is 17.0. The van der Waals surface area contributed by atoms with Crippen LogP contribution in [0.4, 0.5) is 10.1 Å². The summed E-state index contributed by atoms with van der Waals surface area (Å²) in [6, 6.07) is 19.5. The fourth-order valence-corrected chi connectivity index (χ4v) is 3.30. The summed E-state index contributed by atoms with van der Waals surface area (Å²) in [6.45, 7) is 0. The number of carbonyl (C=O) groups is 1. The van der Waals surface area contributed by atoms with Crippen LogP contribution in [0.3, 0.4) is 0 Å². The van der Waals surface area contributed by atoms with Gasteiger partial charge < -0.3 is 5.32 Å². The first-order valence-corrected chi connectivity index (χ1v) is 9.13. The molecule has 0 bridgehead atoms. The van der Waals surface area contributed by atoms with Crippen molar-refractivity contribution in [3.05, 3.63) is 72.5 Å². The van der Waals surface area contributed by atoms with Crippen molar-refractivity contribution < 1.29 is 9.18 Å². The number of nitrogens with one attached hydrogen (secondary N) is 1. The van der Waals surface area contributed by atoms with Crippen molar-refractivity contribution in [3.63, 3.8) is 0 Å². The zero-order chi connectivity index (χ0) is 18.6. The van der Waals surface area contributed by atoms with E-state index in [0.29, 0.717) is 10.8 Å². The van der Waals surface area contributed by atoms with Crippen molar-refractivity contribution in [2.24, 2.45) is 0 Å². The van der Waals surface area contributed by atoms with E-state index in [4.69, 9.17) is 0 Å². The van der Waals surface area contributed by atoms with Gasteiger partial charge >= 0.3 is 0 Å². The molecule has 1 aromatic heterocycles. The third kappa shape index (κ3) is 3.95. The van der Waals surface area contributed by atoms with E-state index in [0.717, 1.165) is 16.5 Å². The van der Waals surface area contributed by atoms with Crippen molar-refractivity contribution >= 4 is 34.1 Å². The van der Waals surface area contributed by atoms with Gasteiger partial charge in [0.25, 0.3) is 0 Å². The maximum absolute atomic E-state index is 13.1. The second-order valence-corrected chi connectivity index (χ2v) is 6.69. The number of aromatic nitrogens is 4. The Hall–Kier alpha value is -3.26. The minimum atomic E-state index is -0.337. The molecule has 3 aromatic carbocycles. The summed E-state index contributed by atoms with van der Waals surface area (Å²) in [5.74, 6) is -0.353. The lowest BCUT2D eigenvalue weighted by Crippen LogP contribution is -2.14. The number of amides is 1. The summed E-state index contributed by atoms with van der Waals surface area (Å²) in [7, 11) is 0. The predicted octanol–water partition coefficient (Wildman–Crippen LogP) is 3.69. The highest BCUT2D eigenvalue weighted by Crippen LogP contribution is 2.21. The lowest BCUT2D eigenvalue weighted by molar-refractivity contribution is -0.113. The van der Waals surface area contributed by atoms with Crippen LogP contribution in [0, 0.1) is 5.82 Å². The van der Waals surface area contributed by atoms with Gasteiger partial charge in [-0.25, -0.2) is 4.39 Å². The first-order valence-electron chi connectivity index (χ1n) is 8.15. The van der Waals surface area contributed by atoms with Crippen LogP contribution >= 0.6 is 11.8 Å². The van der Waals surface area contributed by atoms with Crippen LogP contribution < -0.4 is 5.32 Å². The molecular weight excluding hydrogens is 365 g/mol. The molecule has 1 amide bonds. The summed E-state index contributed by atoms with van der Waals surface area (Å²) in [6.07, 6.45) is 0. The number of benzene rings is 3. The normalized spacial score (nSPS) is 10.9. The number of carbonyl (C=O) groups excluding carboxylic acids is 1. The average Bonchev–Trinajstić information content (AvgIpc) is 3.15. The van der Waals surface area contributed by atoms with E-state index in [9.17, 15) is 9.18 Å². The number of halogens is 1. The molecule has 0 aliphatic carbocycles. The Kier molecular flexibility index (Phi) is 4.80. The molecule has 1 N–H and O–H groups in total. The largest absolute Gasteiger partial charge is 0.325 e. The fraction of sp³-hybridized carbons (Fsp3) is 0.0526. The third-order valence-electron chi connectivity index (χ3n) is 3.88. The second-order valence-electron chi connectivity index (χ2n) is 5.75. The molecule has 134 valence electrons. The summed E-state index contributed by atoms with van der Waals surface area (Å²) in [5.41, 5.74) is 1.36. The number of hydrogen-bond acceptors (Lipinski definition) is 5. The molecule has 0 aliphatic heterocycles. The van der Waals surface area contributed by atoms with E-state index in [1.807, 2.05) is 42.5 Å². The second kappa shape index (κ2) is 7.55. The van der Waals surface area contributed by atoms with E-state index in [-0.39, 0.29) is 17.5 Å². The lowest BCUT2D eigenvalue weighted by Gasteiger charge is -2.07. The first-order chi connectivity index (χ1) is 13.2. The van der Waals surface area contributed by atoms with Crippen molar-refractivity contribution in [3.8, 4) is 5.69 Å². The predicted molar refractivity (Wildman–Crippen MR) is 102 cm³/mol. The Morgan fingerprint density at radius 1 is 1.04 bits per heavy atom. The van der Waals surface area contributed by atoms with Gasteiger partial charge in [-0.1, -0.05) is 42.1 Å². The van der Waals surface area contributed by atoms with Gasteiger partial charge in [-0.3, -0.25) is 4.79 Å². The maximum atomic E-state index is 13.1. The molecule has 8 heteroatoms. The van der Waals surface area contributed by atoms with E-state index in [1.54, 1.807) is 12.1 Å². The Bertz CT molecular complexity index is 1100. The molecule has 0 unspecified atom stereocenters. The Labute approximate surface area is 158 Å². The molecule has 0 saturated heterocycles. The molecule has 6 nitrogen and oxygen atoms in total. The van der Waals surface area contributed by atoms with Crippen LogP contribution in [0.1, 0.15) is 0 Å². The standard InChI is InChI=1S/C19H14FN5OS/c20-15-6-9-17(10-7-15)25-19(22-23-24-25)27-12-18(26)21-16-8-5-13-3-1-2-4-14(13)11-16/h1-11H,12H2,(H,21,26). The van der Waals surface area contributed by atoms with Gasteiger partial charge in [0.05, 0.1) is 11.4 Å². The minimum absolute atomic E-state index is 0.147. The van der Waals surface area contributed by atoms with Crippen LogP contribution in [-0.2, 0) is 4.79 Å². The summed E-state index contributed by atoms with van der Waals surface area (Å²) < 4.78 is 14.5. The molecule has 0 fully saturated rings. The summed E-state index contributed by atoms with van der Waals surface area (Å²) >= 11 is 1.20. The molecule has 1 heterocycles. The van der Waals surface area contributed by atoms with Crippen molar-refractivity contribution in [2.45, 2.75) is 5.16 Å². The van der Waals surface area contributed by atoms with E-state index in [2.05, 4.69) is 20.8 Å². The monoisotopic (exact) mass is 379 g/mol. The zero-order valence-corrected chi connectivity index (χ0v) is 14.9. The fourth-order valence-electron chi connectivity index (χ4n) is 2.61. The van der Waals surface area contributed by atoms with E-state index in [1.165, 1.54) is 28.6 Å². The van der Waals surface area contributed by atoms with Gasteiger partial charge in [-0.05, 0) is 57.6 Å². The quantitative estimate of drug-likeness (QED) is 0.536. The number of anilines is 1. The molecule has 0 atom stereocenters. The topological polar surface area (TPSA) is 72.7 Å². The van der Waals surface area contributed by atoms with Crippen LogP contribution in [-0.4, -0.2) is 31.9 Å². The van der Waals surface area contributed by atoms with Gasteiger partial charge in [0, 0.05) is 5.69 Å². The van der Waals surface area contributed by atoms with Crippen molar-refractivity contribution in [1.29, 1.82) is 0 Å². The maximum Gasteiger partial charge on any atom is 0.234 e. The molecule has 27 heavy (non-hydrogen) atoms. The third-order valence-corrected chi connectivity index (χ3v) is 4.80. The van der Waals surface area contributed by atoms with Gasteiger partial charge in [-0.2, -0.15) is 4.68 Å². The number of rotatable bonds is 5. The van der Waals surface area contributed by atoms with Crippen LogP contribution in [0.2, 0.25) is 0 Å². The van der Waals surface area contributed by atoms with Gasteiger partial charge in [0.2, 0.25) is 11.1 Å². The van der Waals surface area contributed by atoms with Crippen LogP contribution in [0.5, 0.6) is 0 Å².